The number of hydrogen-bond acceptors (Lipinski definition) is 4. The first-order valence-corrected chi connectivity index (χ1v) is 6.58. The predicted octanol–water partition coefficient (Wildman–Crippen LogP) is 1.82. The molecule has 1 atom stereocenters. The summed E-state index contributed by atoms with van der Waals surface area (Å²) in [5, 5.41) is 13.0. The summed E-state index contributed by atoms with van der Waals surface area (Å²) in [7, 11) is 0. The van der Waals surface area contributed by atoms with Crippen LogP contribution in [0.3, 0.4) is 0 Å². The fourth-order valence-corrected chi connectivity index (χ4v) is 2.66. The topological polar surface area (TPSA) is 41.0 Å². The first-order valence-electron chi connectivity index (χ1n) is 6.58. The van der Waals surface area contributed by atoms with Gasteiger partial charge in [0.2, 0.25) is 0 Å². The Bertz CT molecular complexity index is 535. The van der Waals surface area contributed by atoms with E-state index in [1.807, 2.05) is 18.3 Å². The van der Waals surface area contributed by atoms with E-state index in [1.165, 1.54) is 11.1 Å². The second-order valence-corrected chi connectivity index (χ2v) is 4.71. The van der Waals surface area contributed by atoms with Crippen molar-refractivity contribution in [1.82, 2.24) is 15.5 Å². The summed E-state index contributed by atoms with van der Waals surface area (Å²) >= 11 is 0. The first kappa shape index (κ1) is 11.4. The normalized spacial score (nSPS) is 20.3. The Kier molecular flexibility index (Phi) is 3.11. The van der Waals surface area contributed by atoms with Crippen LogP contribution in [0.25, 0.3) is 10.9 Å². The van der Waals surface area contributed by atoms with Crippen molar-refractivity contribution in [3.05, 3.63) is 30.5 Å². The van der Waals surface area contributed by atoms with Crippen molar-refractivity contribution in [3.8, 4) is 0 Å². The van der Waals surface area contributed by atoms with Crippen LogP contribution in [0.4, 0.5) is 5.69 Å². The van der Waals surface area contributed by atoms with Crippen LogP contribution in [0.2, 0.25) is 0 Å². The van der Waals surface area contributed by atoms with E-state index < -0.39 is 0 Å². The maximum absolute atomic E-state index is 4.20. The quantitative estimate of drug-likeness (QED) is 0.872. The Hall–Kier alpha value is -1.68. The van der Waals surface area contributed by atoms with E-state index in [-0.39, 0.29) is 0 Å². The van der Waals surface area contributed by atoms with Gasteiger partial charge in [0.25, 0.3) is 0 Å². The fourth-order valence-electron chi connectivity index (χ4n) is 2.66. The van der Waals surface area contributed by atoms with Gasteiger partial charge < -0.3 is 10.2 Å². The smallest absolute Gasteiger partial charge is 0.0950 e. The third-order valence-corrected chi connectivity index (χ3v) is 3.66. The molecule has 2 heterocycles. The van der Waals surface area contributed by atoms with Crippen LogP contribution in [-0.2, 0) is 0 Å². The Labute approximate surface area is 107 Å². The van der Waals surface area contributed by atoms with Gasteiger partial charge in [-0.1, -0.05) is 25.1 Å². The average Bonchev–Trinajstić information content (AvgIpc) is 2.46. The number of piperazine rings is 1. The van der Waals surface area contributed by atoms with E-state index in [4.69, 9.17) is 0 Å². The van der Waals surface area contributed by atoms with Gasteiger partial charge in [-0.25, -0.2) is 0 Å². The number of aromatic nitrogens is 2. The van der Waals surface area contributed by atoms with Gasteiger partial charge in [-0.05, 0) is 12.5 Å². The Balaban J connectivity index is 2.07. The van der Waals surface area contributed by atoms with Gasteiger partial charge in [0, 0.05) is 31.1 Å². The molecule has 1 aromatic carbocycles. The molecule has 1 N–H and O–H groups in total. The van der Waals surface area contributed by atoms with Gasteiger partial charge in [-0.3, -0.25) is 0 Å². The number of anilines is 1. The molecule has 0 spiro atoms. The number of rotatable bonds is 2. The molecule has 0 amide bonds. The summed E-state index contributed by atoms with van der Waals surface area (Å²) in [6.45, 7) is 5.36. The highest BCUT2D eigenvalue weighted by Crippen LogP contribution is 2.26. The molecule has 4 heteroatoms. The number of benzene rings is 1. The van der Waals surface area contributed by atoms with Crippen LogP contribution < -0.4 is 10.2 Å². The molecule has 1 saturated heterocycles. The Morgan fingerprint density at radius 1 is 1.39 bits per heavy atom. The lowest BCUT2D eigenvalue weighted by Crippen LogP contribution is -2.51. The number of nitrogens with zero attached hydrogens (tertiary/aromatic N) is 3. The van der Waals surface area contributed by atoms with Crippen LogP contribution in [-0.4, -0.2) is 35.9 Å². The summed E-state index contributed by atoms with van der Waals surface area (Å²) in [5.41, 5.74) is 2.19. The van der Waals surface area contributed by atoms with Gasteiger partial charge in [0.1, 0.15) is 0 Å². The molecular formula is C14H18N4. The molecule has 18 heavy (non-hydrogen) atoms. The minimum Gasteiger partial charge on any atom is -0.364 e. The minimum atomic E-state index is 0.548. The zero-order chi connectivity index (χ0) is 12.4. The standard InChI is InChI=1S/C14H18N4/c1-2-11-9-15-7-8-18(11)14-10-16-17-13-6-4-3-5-12(13)14/h3-6,10-11,15H,2,7-9H2,1H3. The zero-order valence-corrected chi connectivity index (χ0v) is 10.6. The molecule has 1 unspecified atom stereocenters. The highest BCUT2D eigenvalue weighted by atomic mass is 15.2. The van der Waals surface area contributed by atoms with E-state index in [9.17, 15) is 0 Å². The Morgan fingerprint density at radius 2 is 2.28 bits per heavy atom. The van der Waals surface area contributed by atoms with Crippen LogP contribution in [0, 0.1) is 0 Å². The summed E-state index contributed by atoms with van der Waals surface area (Å²) in [6, 6.07) is 8.78. The molecule has 1 fully saturated rings. The molecule has 0 bridgehead atoms. The van der Waals surface area contributed by atoms with Crippen LogP contribution in [0.1, 0.15) is 13.3 Å². The lowest BCUT2D eigenvalue weighted by atomic mass is 10.1. The second kappa shape index (κ2) is 4.90. The SMILES string of the molecule is CCC1CNCCN1c1cnnc2ccccc12. The van der Waals surface area contributed by atoms with E-state index in [2.05, 4.69) is 39.5 Å². The monoisotopic (exact) mass is 242 g/mol. The van der Waals surface area contributed by atoms with Crippen LogP contribution in [0.15, 0.2) is 30.5 Å². The number of nitrogens with one attached hydrogen (secondary N) is 1. The van der Waals surface area contributed by atoms with Crippen molar-refractivity contribution < 1.29 is 0 Å². The molecule has 2 aromatic rings. The molecule has 4 nitrogen and oxygen atoms in total. The van der Waals surface area contributed by atoms with Crippen LogP contribution >= 0.6 is 0 Å². The van der Waals surface area contributed by atoms with Crippen molar-refractivity contribution in [3.63, 3.8) is 0 Å². The molecule has 1 aliphatic rings. The van der Waals surface area contributed by atoms with E-state index in [0.717, 1.165) is 31.6 Å². The lowest BCUT2D eigenvalue weighted by Gasteiger charge is -2.37. The lowest BCUT2D eigenvalue weighted by molar-refractivity contribution is 0.467. The van der Waals surface area contributed by atoms with E-state index in [1.54, 1.807) is 0 Å². The molecule has 1 aliphatic heterocycles. The van der Waals surface area contributed by atoms with Crippen molar-refractivity contribution in [2.75, 3.05) is 24.5 Å². The molecule has 94 valence electrons. The van der Waals surface area contributed by atoms with E-state index in [0.29, 0.717) is 6.04 Å². The van der Waals surface area contributed by atoms with Crippen LogP contribution in [0.5, 0.6) is 0 Å². The maximum atomic E-state index is 4.20. The van der Waals surface area contributed by atoms with Gasteiger partial charge in [0.15, 0.2) is 0 Å². The fraction of sp³-hybridized carbons (Fsp3) is 0.429. The Morgan fingerprint density at radius 3 is 3.17 bits per heavy atom. The molecule has 1 aromatic heterocycles. The molecule has 0 saturated carbocycles. The summed E-state index contributed by atoms with van der Waals surface area (Å²) in [6.07, 6.45) is 3.04. The summed E-state index contributed by atoms with van der Waals surface area (Å²) in [4.78, 5) is 2.47. The summed E-state index contributed by atoms with van der Waals surface area (Å²) in [5.74, 6) is 0. The van der Waals surface area contributed by atoms with Crippen molar-refractivity contribution in [2.45, 2.75) is 19.4 Å². The third-order valence-electron chi connectivity index (χ3n) is 3.66. The maximum Gasteiger partial charge on any atom is 0.0950 e. The third kappa shape index (κ3) is 1.93. The number of hydrogen-bond donors (Lipinski definition) is 1. The molecule has 0 aliphatic carbocycles. The highest BCUT2D eigenvalue weighted by molar-refractivity contribution is 5.90. The highest BCUT2D eigenvalue weighted by Gasteiger charge is 2.22. The summed E-state index contributed by atoms with van der Waals surface area (Å²) < 4.78 is 0. The van der Waals surface area contributed by atoms with Gasteiger partial charge in [-0.15, -0.1) is 0 Å². The van der Waals surface area contributed by atoms with Gasteiger partial charge in [-0.2, -0.15) is 10.2 Å². The largest absolute Gasteiger partial charge is 0.364 e. The predicted molar refractivity (Wildman–Crippen MR) is 73.8 cm³/mol. The molecular weight excluding hydrogens is 224 g/mol. The average molecular weight is 242 g/mol. The van der Waals surface area contributed by atoms with E-state index >= 15 is 0 Å². The second-order valence-electron chi connectivity index (χ2n) is 4.71. The van der Waals surface area contributed by atoms with Gasteiger partial charge in [0.05, 0.1) is 17.4 Å². The van der Waals surface area contributed by atoms with Crippen molar-refractivity contribution >= 4 is 16.6 Å². The number of fused-ring (bicyclic) bond motifs is 1. The molecule has 3 rings (SSSR count). The van der Waals surface area contributed by atoms with Crippen molar-refractivity contribution in [2.24, 2.45) is 0 Å². The first-order chi connectivity index (χ1) is 8.90. The molecule has 0 radical (unpaired) electrons. The van der Waals surface area contributed by atoms with Gasteiger partial charge >= 0.3 is 0 Å². The minimum absolute atomic E-state index is 0.548. The van der Waals surface area contributed by atoms with Crippen molar-refractivity contribution in [1.29, 1.82) is 0 Å². The zero-order valence-electron chi connectivity index (χ0n) is 10.6.